The van der Waals surface area contributed by atoms with Crippen LogP contribution in [0.15, 0.2) is 0 Å². The molecule has 0 spiro atoms. The van der Waals surface area contributed by atoms with E-state index >= 15 is 0 Å². The van der Waals surface area contributed by atoms with Crippen molar-refractivity contribution in [3.8, 4) is 0 Å². The number of carbonyl (C=O) groups excluding carboxylic acids is 1. The molecule has 0 rings (SSSR count). The van der Waals surface area contributed by atoms with Crippen molar-refractivity contribution in [2.24, 2.45) is 5.92 Å². The number of aliphatic hydroxyl groups excluding tert-OH is 1. The first kappa shape index (κ1) is 11.0. The summed E-state index contributed by atoms with van der Waals surface area (Å²) in [6.45, 7) is 3.85. The number of hydrogen-bond donors (Lipinski definition) is 1. The molecule has 0 aliphatic heterocycles. The smallest absolute Gasteiger partial charge is 0.130 e. The zero-order valence-electron chi connectivity index (χ0n) is 7.17. The van der Waals surface area contributed by atoms with Gasteiger partial charge in [-0.1, -0.05) is 6.92 Å². The Labute approximate surface area is 72.4 Å². The van der Waals surface area contributed by atoms with Crippen LogP contribution in [0.5, 0.6) is 0 Å². The van der Waals surface area contributed by atoms with Gasteiger partial charge in [-0.05, 0) is 18.6 Å². The maximum Gasteiger partial charge on any atom is 0.130 e. The van der Waals surface area contributed by atoms with Gasteiger partial charge in [-0.25, -0.2) is 0 Å². The molecule has 66 valence electrons. The summed E-state index contributed by atoms with van der Waals surface area (Å²) in [5, 5.41) is 8.66. The maximum absolute atomic E-state index is 10.5. The van der Waals surface area contributed by atoms with Gasteiger partial charge in [-0.2, -0.15) is 11.8 Å². The van der Waals surface area contributed by atoms with Crippen molar-refractivity contribution in [2.75, 3.05) is 18.1 Å². The third-order valence-electron chi connectivity index (χ3n) is 1.31. The Hall–Kier alpha value is -0.0200. The van der Waals surface area contributed by atoms with E-state index in [0.717, 1.165) is 11.5 Å². The summed E-state index contributed by atoms with van der Waals surface area (Å²) >= 11 is 1.73. The lowest BCUT2D eigenvalue weighted by atomic mass is 10.2. The molecule has 0 amide bonds. The van der Waals surface area contributed by atoms with E-state index in [1.165, 1.54) is 0 Å². The summed E-state index contributed by atoms with van der Waals surface area (Å²) in [6.07, 6.45) is 0.656. The highest BCUT2D eigenvalue weighted by molar-refractivity contribution is 7.99. The fourth-order valence-corrected chi connectivity index (χ4v) is 1.66. The van der Waals surface area contributed by atoms with Crippen molar-refractivity contribution in [3.63, 3.8) is 0 Å². The molecule has 0 fully saturated rings. The van der Waals surface area contributed by atoms with Crippen molar-refractivity contribution in [2.45, 2.75) is 20.3 Å². The zero-order chi connectivity index (χ0) is 8.69. The summed E-state index contributed by atoms with van der Waals surface area (Å²) < 4.78 is 0. The van der Waals surface area contributed by atoms with Crippen LogP contribution in [-0.2, 0) is 4.79 Å². The Kier molecular flexibility index (Phi) is 6.66. The molecule has 0 radical (unpaired) electrons. The number of hydrogen-bond acceptors (Lipinski definition) is 3. The van der Waals surface area contributed by atoms with Crippen LogP contribution >= 0.6 is 11.8 Å². The van der Waals surface area contributed by atoms with Gasteiger partial charge in [0, 0.05) is 18.8 Å². The Morgan fingerprint density at radius 1 is 1.64 bits per heavy atom. The number of ketones is 1. The van der Waals surface area contributed by atoms with E-state index in [2.05, 4.69) is 0 Å². The van der Waals surface area contributed by atoms with Gasteiger partial charge in [0.2, 0.25) is 0 Å². The summed E-state index contributed by atoms with van der Waals surface area (Å²) in [5.41, 5.74) is 0. The standard InChI is InChI=1S/C8H16O2S/c1-7(5-9)6-11-4-3-8(2)10/h7,9H,3-6H2,1-2H3. The van der Waals surface area contributed by atoms with Gasteiger partial charge < -0.3 is 5.11 Å². The molecule has 0 aromatic rings. The van der Waals surface area contributed by atoms with Crippen LogP contribution in [0.1, 0.15) is 20.3 Å². The molecule has 0 aromatic carbocycles. The molecule has 0 bridgehead atoms. The topological polar surface area (TPSA) is 37.3 Å². The third-order valence-corrected chi connectivity index (χ3v) is 2.61. The molecule has 2 nitrogen and oxygen atoms in total. The Bertz CT molecular complexity index is 115. The van der Waals surface area contributed by atoms with Gasteiger partial charge in [0.15, 0.2) is 0 Å². The highest BCUT2D eigenvalue weighted by atomic mass is 32.2. The maximum atomic E-state index is 10.5. The average Bonchev–Trinajstić information content (AvgIpc) is 1.97. The first-order chi connectivity index (χ1) is 5.16. The largest absolute Gasteiger partial charge is 0.396 e. The van der Waals surface area contributed by atoms with Gasteiger partial charge in [0.1, 0.15) is 5.78 Å². The fourth-order valence-electron chi connectivity index (χ4n) is 0.553. The van der Waals surface area contributed by atoms with E-state index in [1.54, 1.807) is 18.7 Å². The van der Waals surface area contributed by atoms with Crippen molar-refractivity contribution in [3.05, 3.63) is 0 Å². The average molecular weight is 176 g/mol. The van der Waals surface area contributed by atoms with E-state index in [1.807, 2.05) is 6.92 Å². The lowest BCUT2D eigenvalue weighted by Crippen LogP contribution is -2.04. The van der Waals surface area contributed by atoms with E-state index in [0.29, 0.717) is 12.3 Å². The molecule has 1 unspecified atom stereocenters. The zero-order valence-corrected chi connectivity index (χ0v) is 7.99. The lowest BCUT2D eigenvalue weighted by Gasteiger charge is -2.05. The number of carbonyl (C=O) groups is 1. The normalized spacial score (nSPS) is 13.0. The van der Waals surface area contributed by atoms with E-state index < -0.39 is 0 Å². The fraction of sp³-hybridized carbons (Fsp3) is 0.875. The van der Waals surface area contributed by atoms with Crippen LogP contribution in [0.4, 0.5) is 0 Å². The molecule has 11 heavy (non-hydrogen) atoms. The van der Waals surface area contributed by atoms with Gasteiger partial charge in [-0.15, -0.1) is 0 Å². The van der Waals surface area contributed by atoms with Crippen LogP contribution in [0.3, 0.4) is 0 Å². The van der Waals surface area contributed by atoms with E-state index in [9.17, 15) is 4.79 Å². The molecule has 0 saturated carbocycles. The van der Waals surface area contributed by atoms with Crippen molar-refractivity contribution in [1.82, 2.24) is 0 Å². The summed E-state index contributed by atoms with van der Waals surface area (Å²) in [4.78, 5) is 10.5. The van der Waals surface area contributed by atoms with Crippen LogP contribution < -0.4 is 0 Å². The SMILES string of the molecule is CC(=O)CCSCC(C)CO. The molecule has 0 aromatic heterocycles. The number of rotatable bonds is 6. The second kappa shape index (κ2) is 6.68. The van der Waals surface area contributed by atoms with Gasteiger partial charge in [-0.3, -0.25) is 4.79 Å². The molecule has 0 aliphatic carbocycles. The molecule has 1 atom stereocenters. The van der Waals surface area contributed by atoms with Crippen LogP contribution in [0, 0.1) is 5.92 Å². The quantitative estimate of drug-likeness (QED) is 0.620. The number of aliphatic hydroxyl groups is 1. The summed E-state index contributed by atoms with van der Waals surface area (Å²) in [5.74, 6) is 2.44. The predicted molar refractivity (Wildman–Crippen MR) is 48.9 cm³/mol. The monoisotopic (exact) mass is 176 g/mol. The van der Waals surface area contributed by atoms with Gasteiger partial charge in [0.05, 0.1) is 0 Å². The second-order valence-corrected chi connectivity index (χ2v) is 3.96. The predicted octanol–water partition coefficient (Wildman–Crippen LogP) is 1.33. The highest BCUT2D eigenvalue weighted by Gasteiger charge is 1.99. The summed E-state index contributed by atoms with van der Waals surface area (Å²) in [7, 11) is 0. The van der Waals surface area contributed by atoms with Crippen LogP contribution in [-0.4, -0.2) is 29.0 Å². The Balaban J connectivity index is 3.08. The number of thioether (sulfide) groups is 1. The summed E-state index contributed by atoms with van der Waals surface area (Å²) in [6, 6.07) is 0. The minimum Gasteiger partial charge on any atom is -0.396 e. The second-order valence-electron chi connectivity index (χ2n) is 2.81. The Morgan fingerprint density at radius 3 is 2.73 bits per heavy atom. The molecular weight excluding hydrogens is 160 g/mol. The van der Waals surface area contributed by atoms with Crippen molar-refractivity contribution in [1.29, 1.82) is 0 Å². The van der Waals surface area contributed by atoms with Gasteiger partial charge >= 0.3 is 0 Å². The first-order valence-electron chi connectivity index (χ1n) is 3.85. The van der Waals surface area contributed by atoms with E-state index in [-0.39, 0.29) is 12.4 Å². The molecular formula is C8H16O2S. The first-order valence-corrected chi connectivity index (χ1v) is 5.00. The van der Waals surface area contributed by atoms with Crippen LogP contribution in [0.25, 0.3) is 0 Å². The minimum atomic E-state index is 0.243. The van der Waals surface area contributed by atoms with Crippen molar-refractivity contribution < 1.29 is 9.90 Å². The molecule has 3 heteroatoms. The molecule has 0 saturated heterocycles. The Morgan fingerprint density at radius 2 is 2.27 bits per heavy atom. The lowest BCUT2D eigenvalue weighted by molar-refractivity contribution is -0.116. The molecule has 0 heterocycles. The number of Topliss-reactive ketones (excluding diaryl/α,β-unsaturated/α-hetero) is 1. The van der Waals surface area contributed by atoms with E-state index in [4.69, 9.17) is 5.11 Å². The molecule has 0 aliphatic rings. The highest BCUT2D eigenvalue weighted by Crippen LogP contribution is 2.08. The molecule has 1 N–H and O–H groups in total. The minimum absolute atomic E-state index is 0.243. The van der Waals surface area contributed by atoms with Crippen molar-refractivity contribution >= 4 is 17.5 Å². The van der Waals surface area contributed by atoms with Crippen LogP contribution in [0.2, 0.25) is 0 Å². The van der Waals surface area contributed by atoms with Gasteiger partial charge in [0.25, 0.3) is 0 Å². The third kappa shape index (κ3) is 7.88.